The molecular weight excluding hydrogens is 367 g/mol. The van der Waals surface area contributed by atoms with Crippen molar-refractivity contribution in [2.45, 2.75) is 6.92 Å². The number of hydrogen-bond donors (Lipinski definition) is 0. The minimum absolute atomic E-state index is 0.0760. The number of hydrogen-bond acceptors (Lipinski definition) is 5. The largest absolute Gasteiger partial charge is 0.288 e. The maximum Gasteiger partial charge on any atom is 0.288 e. The van der Waals surface area contributed by atoms with Crippen LogP contribution in [0.4, 0.5) is 5.69 Å². The summed E-state index contributed by atoms with van der Waals surface area (Å²) in [6.45, 7) is 1.64. The molecule has 0 atom stereocenters. The number of aryl methyl sites for hydroxylation is 1. The molecule has 0 aliphatic carbocycles. The van der Waals surface area contributed by atoms with Gasteiger partial charge in [0.2, 0.25) is 0 Å². The van der Waals surface area contributed by atoms with E-state index in [1.165, 1.54) is 18.3 Å². The highest BCUT2D eigenvalue weighted by molar-refractivity contribution is 6.37. The van der Waals surface area contributed by atoms with Gasteiger partial charge in [-0.1, -0.05) is 35.3 Å². The first-order valence-corrected chi connectivity index (χ1v) is 7.80. The number of para-hydroxylation sites is 1. The van der Waals surface area contributed by atoms with Crippen LogP contribution in [0.3, 0.4) is 0 Å². The summed E-state index contributed by atoms with van der Waals surface area (Å²) in [6.07, 6.45) is 1.26. The lowest BCUT2D eigenvalue weighted by molar-refractivity contribution is -0.384. The first-order chi connectivity index (χ1) is 11.9. The average molecular weight is 377 g/mol. The summed E-state index contributed by atoms with van der Waals surface area (Å²) in [5.41, 5.74) is 0.181. The third kappa shape index (κ3) is 3.24. The summed E-state index contributed by atoms with van der Waals surface area (Å²) in [5, 5.41) is 15.6. The van der Waals surface area contributed by atoms with Crippen LogP contribution >= 0.6 is 23.2 Å². The van der Waals surface area contributed by atoms with E-state index in [1.54, 1.807) is 31.2 Å². The van der Waals surface area contributed by atoms with Gasteiger partial charge in [-0.05, 0) is 25.1 Å². The molecule has 3 rings (SSSR count). The summed E-state index contributed by atoms with van der Waals surface area (Å²) in [7, 11) is 0. The molecule has 2 aromatic carbocycles. The molecule has 0 saturated heterocycles. The lowest BCUT2D eigenvalue weighted by Crippen LogP contribution is -2.20. The van der Waals surface area contributed by atoms with Gasteiger partial charge in [-0.3, -0.25) is 14.9 Å². The summed E-state index contributed by atoms with van der Waals surface area (Å²) >= 11 is 11.8. The number of nitro groups is 1. The van der Waals surface area contributed by atoms with E-state index in [1.807, 2.05) is 0 Å². The van der Waals surface area contributed by atoms with E-state index < -0.39 is 4.92 Å². The van der Waals surface area contributed by atoms with Crippen LogP contribution < -0.4 is 5.56 Å². The Balaban J connectivity index is 2.12. The Morgan fingerprint density at radius 1 is 1.24 bits per heavy atom. The summed E-state index contributed by atoms with van der Waals surface area (Å²) in [6, 6.07) is 9.36. The molecule has 0 radical (unpaired) electrons. The number of nitro benzene ring substituents is 1. The molecule has 126 valence electrons. The van der Waals surface area contributed by atoms with Crippen molar-refractivity contribution >= 4 is 46.0 Å². The topological polar surface area (TPSA) is 90.4 Å². The third-order valence-corrected chi connectivity index (χ3v) is 4.12. The highest BCUT2D eigenvalue weighted by Gasteiger charge is 2.15. The van der Waals surface area contributed by atoms with Gasteiger partial charge in [0.05, 0.1) is 27.1 Å². The first-order valence-electron chi connectivity index (χ1n) is 7.04. The van der Waals surface area contributed by atoms with Crippen LogP contribution in [0.15, 0.2) is 46.3 Å². The summed E-state index contributed by atoms with van der Waals surface area (Å²) in [5.74, 6) is 0.375. The van der Waals surface area contributed by atoms with Crippen molar-refractivity contribution in [1.29, 1.82) is 0 Å². The van der Waals surface area contributed by atoms with Crippen LogP contribution in [0, 0.1) is 17.0 Å². The molecule has 7 nitrogen and oxygen atoms in total. The van der Waals surface area contributed by atoms with Crippen LogP contribution in [-0.4, -0.2) is 20.8 Å². The maximum atomic E-state index is 12.5. The Morgan fingerprint density at radius 3 is 2.68 bits per heavy atom. The second-order valence-corrected chi connectivity index (χ2v) is 5.93. The fraction of sp³-hybridized carbons (Fsp3) is 0.0625. The number of rotatable bonds is 3. The SMILES string of the molecule is Cc1nc2ccccc2c(=O)n1/N=C\c1cc([N+](=O)[O-])c(Cl)cc1Cl. The molecule has 0 aliphatic rings. The molecule has 0 aliphatic heterocycles. The zero-order valence-corrected chi connectivity index (χ0v) is 14.3. The van der Waals surface area contributed by atoms with Gasteiger partial charge in [-0.2, -0.15) is 9.78 Å². The quantitative estimate of drug-likeness (QED) is 0.394. The highest BCUT2D eigenvalue weighted by atomic mass is 35.5. The number of benzene rings is 2. The average Bonchev–Trinajstić information content (AvgIpc) is 2.56. The second-order valence-electron chi connectivity index (χ2n) is 5.12. The molecule has 0 amide bonds. The van der Waals surface area contributed by atoms with E-state index in [4.69, 9.17) is 23.2 Å². The lowest BCUT2D eigenvalue weighted by Gasteiger charge is -2.05. The third-order valence-electron chi connectivity index (χ3n) is 3.49. The lowest BCUT2D eigenvalue weighted by atomic mass is 10.2. The molecule has 1 aromatic heterocycles. The minimum Gasteiger partial charge on any atom is -0.267 e. The molecular formula is C16H10Cl2N4O3. The zero-order valence-electron chi connectivity index (χ0n) is 12.8. The van der Waals surface area contributed by atoms with Crippen molar-refractivity contribution in [1.82, 2.24) is 9.66 Å². The first kappa shape index (κ1) is 17.1. The fourth-order valence-electron chi connectivity index (χ4n) is 2.28. The van der Waals surface area contributed by atoms with Gasteiger partial charge in [0.15, 0.2) is 0 Å². The van der Waals surface area contributed by atoms with E-state index >= 15 is 0 Å². The molecule has 0 fully saturated rings. The molecule has 0 spiro atoms. The summed E-state index contributed by atoms with van der Waals surface area (Å²) < 4.78 is 1.11. The van der Waals surface area contributed by atoms with Crippen LogP contribution in [0.2, 0.25) is 10.0 Å². The molecule has 25 heavy (non-hydrogen) atoms. The van der Waals surface area contributed by atoms with E-state index in [2.05, 4.69) is 10.1 Å². The van der Waals surface area contributed by atoms with E-state index in [0.29, 0.717) is 16.7 Å². The van der Waals surface area contributed by atoms with Crippen LogP contribution in [-0.2, 0) is 0 Å². The smallest absolute Gasteiger partial charge is 0.267 e. The van der Waals surface area contributed by atoms with Gasteiger partial charge in [0.25, 0.3) is 11.2 Å². The predicted molar refractivity (Wildman–Crippen MR) is 96.8 cm³/mol. The summed E-state index contributed by atoms with van der Waals surface area (Å²) in [4.78, 5) is 27.2. The Morgan fingerprint density at radius 2 is 1.96 bits per heavy atom. The van der Waals surface area contributed by atoms with E-state index in [-0.39, 0.29) is 26.9 Å². The van der Waals surface area contributed by atoms with Crippen molar-refractivity contribution in [3.63, 3.8) is 0 Å². The molecule has 0 bridgehead atoms. The van der Waals surface area contributed by atoms with Crippen molar-refractivity contribution in [3.05, 3.63) is 78.3 Å². The second kappa shape index (κ2) is 6.62. The molecule has 0 saturated carbocycles. The predicted octanol–water partition coefficient (Wildman–Crippen LogP) is 3.80. The number of nitrogens with zero attached hydrogens (tertiary/aromatic N) is 4. The molecule has 3 aromatic rings. The number of fused-ring (bicyclic) bond motifs is 1. The Bertz CT molecular complexity index is 1090. The van der Waals surface area contributed by atoms with Gasteiger partial charge >= 0.3 is 0 Å². The highest BCUT2D eigenvalue weighted by Crippen LogP contribution is 2.29. The van der Waals surface area contributed by atoms with Crippen molar-refractivity contribution in [3.8, 4) is 0 Å². The Labute approximate surface area is 151 Å². The number of aromatic nitrogens is 2. The zero-order chi connectivity index (χ0) is 18.1. The van der Waals surface area contributed by atoms with Crippen molar-refractivity contribution in [2.24, 2.45) is 5.10 Å². The molecule has 1 heterocycles. The standard InChI is InChI=1S/C16H10Cl2N4O3/c1-9-20-14-5-3-2-4-11(14)16(23)21(9)19-8-10-6-15(22(24)25)13(18)7-12(10)17/h2-8H,1H3/b19-8-. The van der Waals surface area contributed by atoms with Gasteiger partial charge in [0.1, 0.15) is 10.8 Å². The van der Waals surface area contributed by atoms with Crippen LogP contribution in [0.1, 0.15) is 11.4 Å². The van der Waals surface area contributed by atoms with Gasteiger partial charge < -0.3 is 0 Å². The Hall–Kier alpha value is -2.77. The molecule has 0 N–H and O–H groups in total. The fourth-order valence-corrected chi connectivity index (χ4v) is 2.78. The monoisotopic (exact) mass is 376 g/mol. The van der Waals surface area contributed by atoms with Crippen LogP contribution in [0.25, 0.3) is 10.9 Å². The van der Waals surface area contributed by atoms with Crippen LogP contribution in [0.5, 0.6) is 0 Å². The normalized spacial score (nSPS) is 11.3. The van der Waals surface area contributed by atoms with Gasteiger partial charge in [-0.25, -0.2) is 4.98 Å². The minimum atomic E-state index is -0.620. The van der Waals surface area contributed by atoms with Crippen molar-refractivity contribution in [2.75, 3.05) is 0 Å². The Kier molecular flexibility index (Phi) is 4.52. The van der Waals surface area contributed by atoms with E-state index in [9.17, 15) is 14.9 Å². The van der Waals surface area contributed by atoms with Gasteiger partial charge in [0, 0.05) is 11.6 Å². The molecule has 0 unspecified atom stereocenters. The van der Waals surface area contributed by atoms with E-state index in [0.717, 1.165) is 4.68 Å². The molecule has 9 heteroatoms. The maximum absolute atomic E-state index is 12.5. The van der Waals surface area contributed by atoms with Crippen molar-refractivity contribution < 1.29 is 4.92 Å². The number of halogens is 2. The van der Waals surface area contributed by atoms with Gasteiger partial charge in [-0.15, -0.1) is 0 Å².